The average Bonchev–Trinajstić information content (AvgIpc) is 3.00. The van der Waals surface area contributed by atoms with Crippen LogP contribution in [-0.2, 0) is 22.4 Å². The van der Waals surface area contributed by atoms with Crippen LogP contribution in [0, 0.1) is 0 Å². The number of esters is 1. The van der Waals surface area contributed by atoms with E-state index in [4.69, 9.17) is 4.74 Å². The van der Waals surface area contributed by atoms with Gasteiger partial charge < -0.3 is 10.1 Å². The highest BCUT2D eigenvalue weighted by molar-refractivity contribution is 7.17. The molecular formula is C20H23NO3S. The monoisotopic (exact) mass is 357 g/mol. The summed E-state index contributed by atoms with van der Waals surface area (Å²) in [5.74, 6) is -0.661. The average molecular weight is 357 g/mol. The van der Waals surface area contributed by atoms with Crippen molar-refractivity contribution in [3.8, 4) is 0 Å². The number of fused-ring (bicyclic) bond motifs is 1. The van der Waals surface area contributed by atoms with Gasteiger partial charge in [0.05, 0.1) is 18.6 Å². The SMILES string of the molecule is CC[C@H](C(=O)Nc1sc2c(c1C(=O)OC)CCCC2)c1ccccc1. The Bertz CT molecular complexity index is 767. The van der Waals surface area contributed by atoms with Crippen LogP contribution in [0.4, 0.5) is 5.00 Å². The molecule has 5 heteroatoms. The van der Waals surface area contributed by atoms with Gasteiger partial charge in [-0.25, -0.2) is 4.79 Å². The van der Waals surface area contributed by atoms with Crippen molar-refractivity contribution in [3.63, 3.8) is 0 Å². The normalized spacial score (nSPS) is 14.5. The molecule has 0 radical (unpaired) electrons. The van der Waals surface area contributed by atoms with Crippen molar-refractivity contribution in [3.05, 3.63) is 51.9 Å². The Labute approximate surface area is 152 Å². The summed E-state index contributed by atoms with van der Waals surface area (Å²) < 4.78 is 4.97. The zero-order valence-corrected chi connectivity index (χ0v) is 15.4. The van der Waals surface area contributed by atoms with Crippen molar-refractivity contribution in [1.82, 2.24) is 0 Å². The molecule has 0 unspecified atom stereocenters. The fraction of sp³-hybridized carbons (Fsp3) is 0.400. The number of carbonyl (C=O) groups excluding carboxylic acids is 2. The maximum atomic E-state index is 12.9. The van der Waals surface area contributed by atoms with Gasteiger partial charge in [0.1, 0.15) is 5.00 Å². The Hall–Kier alpha value is -2.14. The molecular weight excluding hydrogens is 334 g/mol. The number of rotatable bonds is 5. The zero-order chi connectivity index (χ0) is 17.8. The molecule has 25 heavy (non-hydrogen) atoms. The number of nitrogens with one attached hydrogen (secondary N) is 1. The molecule has 0 aliphatic heterocycles. The lowest BCUT2D eigenvalue weighted by atomic mass is 9.94. The summed E-state index contributed by atoms with van der Waals surface area (Å²) >= 11 is 1.52. The molecule has 1 aromatic heterocycles. The highest BCUT2D eigenvalue weighted by Crippen LogP contribution is 2.39. The van der Waals surface area contributed by atoms with E-state index in [-0.39, 0.29) is 17.8 Å². The second-order valence-corrected chi connectivity index (χ2v) is 7.37. The van der Waals surface area contributed by atoms with Gasteiger partial charge in [-0.2, -0.15) is 0 Å². The van der Waals surface area contributed by atoms with Gasteiger partial charge in [0.15, 0.2) is 0 Å². The summed E-state index contributed by atoms with van der Waals surface area (Å²) in [6, 6.07) is 9.75. The number of hydrogen-bond acceptors (Lipinski definition) is 4. The summed E-state index contributed by atoms with van der Waals surface area (Å²) in [5, 5.41) is 3.65. The Balaban J connectivity index is 1.90. The summed E-state index contributed by atoms with van der Waals surface area (Å²) in [7, 11) is 1.39. The van der Waals surface area contributed by atoms with Crippen molar-refractivity contribution < 1.29 is 14.3 Å². The molecule has 2 aromatic rings. The van der Waals surface area contributed by atoms with Gasteiger partial charge >= 0.3 is 5.97 Å². The molecule has 1 heterocycles. The molecule has 1 aromatic carbocycles. The Morgan fingerprint density at radius 2 is 1.92 bits per heavy atom. The zero-order valence-electron chi connectivity index (χ0n) is 14.6. The predicted molar refractivity (Wildman–Crippen MR) is 100 cm³/mol. The van der Waals surface area contributed by atoms with Gasteiger partial charge in [-0.3, -0.25) is 4.79 Å². The first-order chi connectivity index (χ1) is 12.2. The van der Waals surface area contributed by atoms with Crippen LogP contribution in [0.2, 0.25) is 0 Å². The third-order valence-corrected chi connectivity index (χ3v) is 5.93. The maximum absolute atomic E-state index is 12.9. The van der Waals surface area contributed by atoms with E-state index >= 15 is 0 Å². The lowest BCUT2D eigenvalue weighted by Gasteiger charge is -2.15. The smallest absolute Gasteiger partial charge is 0.341 e. The Morgan fingerprint density at radius 3 is 2.60 bits per heavy atom. The topological polar surface area (TPSA) is 55.4 Å². The van der Waals surface area contributed by atoms with E-state index in [1.54, 1.807) is 0 Å². The largest absolute Gasteiger partial charge is 0.465 e. The lowest BCUT2D eigenvalue weighted by molar-refractivity contribution is -0.117. The number of aryl methyl sites for hydroxylation is 1. The maximum Gasteiger partial charge on any atom is 0.341 e. The number of benzene rings is 1. The van der Waals surface area contributed by atoms with Crippen LogP contribution in [0.1, 0.15) is 58.5 Å². The Morgan fingerprint density at radius 1 is 1.20 bits per heavy atom. The van der Waals surface area contributed by atoms with Gasteiger partial charge in [-0.15, -0.1) is 11.3 Å². The number of hydrogen-bond donors (Lipinski definition) is 1. The molecule has 1 aliphatic rings. The van der Waals surface area contributed by atoms with Crippen molar-refractivity contribution in [1.29, 1.82) is 0 Å². The number of ether oxygens (including phenoxy) is 1. The number of thiophene rings is 1. The highest BCUT2D eigenvalue weighted by Gasteiger charge is 2.28. The molecule has 0 saturated carbocycles. The third kappa shape index (κ3) is 3.61. The van der Waals surface area contributed by atoms with Crippen LogP contribution in [0.3, 0.4) is 0 Å². The lowest BCUT2D eigenvalue weighted by Crippen LogP contribution is -2.21. The summed E-state index contributed by atoms with van der Waals surface area (Å²) in [6.07, 6.45) is 4.75. The van der Waals surface area contributed by atoms with Crippen LogP contribution < -0.4 is 5.32 Å². The molecule has 1 atom stereocenters. The quantitative estimate of drug-likeness (QED) is 0.799. The van der Waals surface area contributed by atoms with Crippen molar-refractivity contribution in [2.24, 2.45) is 0 Å². The van der Waals surface area contributed by atoms with Crippen LogP contribution in [-0.4, -0.2) is 19.0 Å². The van der Waals surface area contributed by atoms with Crippen LogP contribution in [0.5, 0.6) is 0 Å². The summed E-state index contributed by atoms with van der Waals surface area (Å²) in [6.45, 7) is 2.00. The highest BCUT2D eigenvalue weighted by atomic mass is 32.1. The van der Waals surface area contributed by atoms with Crippen LogP contribution in [0.15, 0.2) is 30.3 Å². The standard InChI is InChI=1S/C20H23NO3S/c1-3-14(13-9-5-4-6-10-13)18(22)21-19-17(20(23)24-2)15-11-7-8-12-16(15)25-19/h4-6,9-10,14H,3,7-8,11-12H2,1-2H3,(H,21,22)/t14-/m0/s1. The molecule has 132 valence electrons. The predicted octanol–water partition coefficient (Wildman–Crippen LogP) is 4.55. The number of carbonyl (C=O) groups is 2. The molecule has 0 bridgehead atoms. The minimum atomic E-state index is -0.359. The first kappa shape index (κ1) is 17.7. The minimum Gasteiger partial charge on any atom is -0.465 e. The summed E-state index contributed by atoms with van der Waals surface area (Å²) in [4.78, 5) is 26.4. The van der Waals surface area contributed by atoms with E-state index in [2.05, 4.69) is 5.32 Å². The summed E-state index contributed by atoms with van der Waals surface area (Å²) in [5.41, 5.74) is 2.60. The van der Waals surface area contributed by atoms with Crippen molar-refractivity contribution >= 4 is 28.2 Å². The van der Waals surface area contributed by atoms with E-state index in [9.17, 15) is 9.59 Å². The number of methoxy groups -OCH3 is 1. The van der Waals surface area contributed by atoms with Crippen LogP contribution >= 0.6 is 11.3 Å². The molecule has 1 N–H and O–H groups in total. The second-order valence-electron chi connectivity index (χ2n) is 6.27. The molecule has 1 aliphatic carbocycles. The van der Waals surface area contributed by atoms with Gasteiger partial charge in [0.2, 0.25) is 5.91 Å². The second kappa shape index (κ2) is 7.83. The first-order valence-corrected chi connectivity index (χ1v) is 9.56. The molecule has 0 fully saturated rings. The fourth-order valence-corrected chi connectivity index (χ4v) is 4.71. The number of amides is 1. The van der Waals surface area contributed by atoms with E-state index in [1.165, 1.54) is 23.3 Å². The molecule has 3 rings (SSSR count). The van der Waals surface area contributed by atoms with Gasteiger partial charge in [-0.1, -0.05) is 37.3 Å². The minimum absolute atomic E-state index is 0.0718. The molecule has 0 saturated heterocycles. The molecule has 0 spiro atoms. The van der Waals surface area contributed by atoms with E-state index in [0.717, 1.165) is 36.8 Å². The molecule has 1 amide bonds. The van der Waals surface area contributed by atoms with Crippen LogP contribution in [0.25, 0.3) is 0 Å². The number of anilines is 1. The van der Waals surface area contributed by atoms with E-state index < -0.39 is 0 Å². The van der Waals surface area contributed by atoms with E-state index in [1.807, 2.05) is 37.3 Å². The van der Waals surface area contributed by atoms with Gasteiger partial charge in [0.25, 0.3) is 0 Å². The van der Waals surface area contributed by atoms with Crippen molar-refractivity contribution in [2.45, 2.75) is 44.9 Å². The molecule has 4 nitrogen and oxygen atoms in total. The fourth-order valence-electron chi connectivity index (χ4n) is 3.43. The third-order valence-electron chi connectivity index (χ3n) is 4.72. The van der Waals surface area contributed by atoms with Crippen molar-refractivity contribution in [2.75, 3.05) is 12.4 Å². The van der Waals surface area contributed by atoms with Gasteiger partial charge in [-0.05, 0) is 43.2 Å². The van der Waals surface area contributed by atoms with Gasteiger partial charge in [0, 0.05) is 4.88 Å². The van der Waals surface area contributed by atoms with E-state index in [0.29, 0.717) is 17.0 Å². The Kier molecular flexibility index (Phi) is 5.53. The first-order valence-electron chi connectivity index (χ1n) is 8.74.